The number of amides is 1. The van der Waals surface area contributed by atoms with Gasteiger partial charge in [0.25, 0.3) is 5.91 Å². The Morgan fingerprint density at radius 2 is 1.86 bits per heavy atom. The molecule has 1 unspecified atom stereocenters. The van der Waals surface area contributed by atoms with Gasteiger partial charge in [-0.1, -0.05) is 19.8 Å². The third kappa shape index (κ3) is 3.93. The minimum Gasteiger partial charge on any atom is -0.394 e. The summed E-state index contributed by atoms with van der Waals surface area (Å²) in [5.41, 5.74) is -2.00. The summed E-state index contributed by atoms with van der Waals surface area (Å²) in [6.07, 6.45) is 1.89. The Morgan fingerprint density at radius 3 is 2.38 bits per heavy atom. The summed E-state index contributed by atoms with van der Waals surface area (Å²) in [6.45, 7) is 3.01. The number of carbonyl (C=O) groups excluding carboxylic acids is 1. The molecule has 0 radical (unpaired) electrons. The van der Waals surface area contributed by atoms with Crippen molar-refractivity contribution in [3.05, 3.63) is 34.9 Å². The Morgan fingerprint density at radius 1 is 1.24 bits per heavy atom. The van der Waals surface area contributed by atoms with Crippen LogP contribution in [-0.2, 0) is 0 Å². The fraction of sp³-hybridized carbons (Fsp3) is 0.500. The van der Waals surface area contributed by atoms with Crippen LogP contribution in [0.1, 0.15) is 43.5 Å². The fourth-order valence-corrected chi connectivity index (χ4v) is 1.83. The predicted molar refractivity (Wildman–Crippen MR) is 68.8 cm³/mol. The van der Waals surface area contributed by atoms with Crippen LogP contribution in [0.4, 0.5) is 17.6 Å². The molecule has 1 rings (SSSR count). The van der Waals surface area contributed by atoms with Crippen molar-refractivity contribution < 1.29 is 27.5 Å². The third-order valence-corrected chi connectivity index (χ3v) is 3.19. The molecule has 1 aromatic carbocycles. The van der Waals surface area contributed by atoms with Crippen molar-refractivity contribution >= 4 is 5.91 Å². The van der Waals surface area contributed by atoms with E-state index >= 15 is 0 Å². The minimum absolute atomic E-state index is 0.292. The molecule has 0 aliphatic rings. The van der Waals surface area contributed by atoms with Gasteiger partial charge in [-0.05, 0) is 19.4 Å². The molecule has 3 nitrogen and oxygen atoms in total. The second kappa shape index (κ2) is 6.89. The van der Waals surface area contributed by atoms with Crippen molar-refractivity contribution in [2.45, 2.75) is 38.6 Å². The van der Waals surface area contributed by atoms with Gasteiger partial charge in [-0.2, -0.15) is 0 Å². The Hall–Kier alpha value is -1.63. The lowest BCUT2D eigenvalue weighted by Gasteiger charge is -2.28. The fourth-order valence-electron chi connectivity index (χ4n) is 1.83. The van der Waals surface area contributed by atoms with Gasteiger partial charge in [0.15, 0.2) is 23.3 Å². The van der Waals surface area contributed by atoms with Crippen LogP contribution in [0.25, 0.3) is 0 Å². The molecule has 0 fully saturated rings. The smallest absolute Gasteiger partial charge is 0.254 e. The number of aliphatic hydroxyl groups is 1. The van der Waals surface area contributed by atoms with Crippen molar-refractivity contribution in [3.63, 3.8) is 0 Å². The van der Waals surface area contributed by atoms with Crippen LogP contribution in [-0.4, -0.2) is 23.2 Å². The monoisotopic (exact) mass is 307 g/mol. The molecule has 0 spiro atoms. The summed E-state index contributed by atoms with van der Waals surface area (Å²) in [6, 6.07) is 0.292. The molecule has 0 saturated heterocycles. The maximum Gasteiger partial charge on any atom is 0.254 e. The Kier molecular flexibility index (Phi) is 5.71. The van der Waals surface area contributed by atoms with Crippen molar-refractivity contribution in [2.75, 3.05) is 6.61 Å². The largest absolute Gasteiger partial charge is 0.394 e. The van der Waals surface area contributed by atoms with Crippen LogP contribution in [0, 0.1) is 23.3 Å². The van der Waals surface area contributed by atoms with Gasteiger partial charge in [0, 0.05) is 0 Å². The lowest BCUT2D eigenvalue weighted by molar-refractivity contribution is 0.0833. The maximum atomic E-state index is 13.5. The molecule has 0 saturated carbocycles. The summed E-state index contributed by atoms with van der Waals surface area (Å²) in [5.74, 6) is -8.54. The third-order valence-electron chi connectivity index (χ3n) is 3.19. The highest BCUT2D eigenvalue weighted by molar-refractivity contribution is 5.95. The van der Waals surface area contributed by atoms with Gasteiger partial charge >= 0.3 is 0 Å². The molecule has 0 aliphatic heterocycles. The minimum atomic E-state index is -2.04. The normalized spacial score (nSPS) is 13.9. The van der Waals surface area contributed by atoms with E-state index in [1.807, 2.05) is 6.92 Å². The molecule has 0 bridgehead atoms. The predicted octanol–water partition coefficient (Wildman–Crippen LogP) is 2.91. The van der Waals surface area contributed by atoms with Crippen LogP contribution in [0.3, 0.4) is 0 Å². The molecule has 0 aromatic heterocycles. The first kappa shape index (κ1) is 17.4. The highest BCUT2D eigenvalue weighted by Gasteiger charge is 2.29. The van der Waals surface area contributed by atoms with Crippen molar-refractivity contribution in [1.82, 2.24) is 5.32 Å². The first-order valence-corrected chi connectivity index (χ1v) is 6.52. The van der Waals surface area contributed by atoms with E-state index in [4.69, 9.17) is 0 Å². The van der Waals surface area contributed by atoms with E-state index in [2.05, 4.69) is 5.32 Å². The highest BCUT2D eigenvalue weighted by Crippen LogP contribution is 2.20. The van der Waals surface area contributed by atoms with E-state index in [1.165, 1.54) is 6.92 Å². The van der Waals surface area contributed by atoms with E-state index in [-0.39, 0.29) is 0 Å². The number of unbranched alkanes of at least 4 members (excludes halogenated alkanes) is 1. The molecule has 118 valence electrons. The molecule has 7 heteroatoms. The quantitative estimate of drug-likeness (QED) is 0.482. The zero-order chi connectivity index (χ0) is 16.2. The number of nitrogens with one attached hydrogen (secondary N) is 1. The summed E-state index contributed by atoms with van der Waals surface area (Å²) in [4.78, 5) is 11.9. The van der Waals surface area contributed by atoms with Gasteiger partial charge in [0.1, 0.15) is 0 Å². The Balaban J connectivity index is 3.04. The number of aliphatic hydroxyl groups excluding tert-OH is 1. The van der Waals surface area contributed by atoms with Gasteiger partial charge in [-0.25, -0.2) is 17.6 Å². The van der Waals surface area contributed by atoms with E-state index in [1.54, 1.807) is 0 Å². The second-order valence-electron chi connectivity index (χ2n) is 5.12. The zero-order valence-electron chi connectivity index (χ0n) is 11.8. The molecule has 0 heterocycles. The SMILES string of the molecule is CCCCC(C)(CO)NC(=O)c1cc(F)c(F)c(F)c1F. The van der Waals surface area contributed by atoms with E-state index in [9.17, 15) is 27.5 Å². The summed E-state index contributed by atoms with van der Waals surface area (Å²) < 4.78 is 52.6. The Bertz CT molecular complexity index is 536. The maximum absolute atomic E-state index is 13.5. The lowest BCUT2D eigenvalue weighted by atomic mass is 9.95. The summed E-state index contributed by atoms with van der Waals surface area (Å²) in [5, 5.41) is 11.6. The van der Waals surface area contributed by atoms with Crippen molar-refractivity contribution in [1.29, 1.82) is 0 Å². The number of carbonyl (C=O) groups is 1. The van der Waals surface area contributed by atoms with Crippen molar-refractivity contribution in [3.8, 4) is 0 Å². The van der Waals surface area contributed by atoms with Crippen molar-refractivity contribution in [2.24, 2.45) is 0 Å². The van der Waals surface area contributed by atoms with Gasteiger partial charge in [-0.15, -0.1) is 0 Å². The second-order valence-corrected chi connectivity index (χ2v) is 5.12. The summed E-state index contributed by atoms with van der Waals surface area (Å²) in [7, 11) is 0. The van der Waals surface area contributed by atoms with Gasteiger partial charge in [-0.3, -0.25) is 4.79 Å². The van der Waals surface area contributed by atoms with Crippen LogP contribution in [0.5, 0.6) is 0 Å². The number of benzene rings is 1. The molecular weight excluding hydrogens is 290 g/mol. The zero-order valence-corrected chi connectivity index (χ0v) is 11.8. The number of hydrogen-bond donors (Lipinski definition) is 2. The van der Waals surface area contributed by atoms with E-state index in [0.29, 0.717) is 18.9 Å². The average molecular weight is 307 g/mol. The first-order valence-electron chi connectivity index (χ1n) is 6.52. The van der Waals surface area contributed by atoms with Gasteiger partial charge < -0.3 is 10.4 Å². The molecular formula is C14H17F4NO2. The number of hydrogen-bond acceptors (Lipinski definition) is 2. The lowest BCUT2D eigenvalue weighted by Crippen LogP contribution is -2.49. The van der Waals surface area contributed by atoms with Gasteiger partial charge in [0.05, 0.1) is 17.7 Å². The van der Waals surface area contributed by atoms with Crippen LogP contribution < -0.4 is 5.32 Å². The van der Waals surface area contributed by atoms with Crippen LogP contribution in [0.2, 0.25) is 0 Å². The van der Waals surface area contributed by atoms with Crippen LogP contribution >= 0.6 is 0 Å². The topological polar surface area (TPSA) is 49.3 Å². The standard InChI is InChI=1S/C14H17F4NO2/c1-3-4-5-14(2,7-20)19-13(21)8-6-9(15)11(17)12(18)10(8)16/h6,20H,3-5,7H2,1-2H3,(H,19,21). The molecule has 1 atom stereocenters. The molecule has 1 amide bonds. The first-order chi connectivity index (χ1) is 9.75. The van der Waals surface area contributed by atoms with Gasteiger partial charge in [0.2, 0.25) is 0 Å². The van der Waals surface area contributed by atoms with E-state index < -0.39 is 46.9 Å². The van der Waals surface area contributed by atoms with E-state index in [0.717, 1.165) is 6.42 Å². The molecule has 0 aliphatic carbocycles. The summed E-state index contributed by atoms with van der Waals surface area (Å²) >= 11 is 0. The van der Waals surface area contributed by atoms with Crippen LogP contribution in [0.15, 0.2) is 6.07 Å². The number of rotatable bonds is 6. The highest BCUT2D eigenvalue weighted by atomic mass is 19.2. The Labute approximate surface area is 120 Å². The average Bonchev–Trinajstić information content (AvgIpc) is 2.46. The molecule has 21 heavy (non-hydrogen) atoms. The molecule has 2 N–H and O–H groups in total. The number of halogens is 4. The molecule has 1 aromatic rings.